The summed E-state index contributed by atoms with van der Waals surface area (Å²) in [6.45, 7) is 0. The molecule has 0 amide bonds. The van der Waals surface area contributed by atoms with Crippen LogP contribution >= 0.6 is 15.9 Å². The summed E-state index contributed by atoms with van der Waals surface area (Å²) in [5, 5.41) is 21.4. The molecule has 0 fully saturated rings. The highest BCUT2D eigenvalue weighted by Crippen LogP contribution is 2.34. The van der Waals surface area contributed by atoms with Crippen molar-refractivity contribution in [1.29, 1.82) is 0 Å². The van der Waals surface area contributed by atoms with E-state index in [9.17, 15) is 20.2 Å². The Kier molecular flexibility index (Phi) is 3.94. The van der Waals surface area contributed by atoms with Crippen LogP contribution in [0.3, 0.4) is 0 Å². The molecule has 2 rings (SSSR count). The van der Waals surface area contributed by atoms with Gasteiger partial charge in [-0.25, -0.2) is 0 Å². The van der Waals surface area contributed by atoms with Gasteiger partial charge in [-0.3, -0.25) is 20.2 Å². The normalized spacial score (nSPS) is 10.1. The first-order valence-corrected chi connectivity index (χ1v) is 6.13. The second kappa shape index (κ2) is 5.66. The molecule has 0 N–H and O–H groups in total. The van der Waals surface area contributed by atoms with E-state index in [1.54, 1.807) is 6.07 Å². The van der Waals surface area contributed by atoms with Gasteiger partial charge >= 0.3 is 5.69 Å². The average molecular weight is 339 g/mol. The minimum Gasteiger partial charge on any atom is -0.450 e. The maximum atomic E-state index is 10.9. The fourth-order valence-corrected chi connectivity index (χ4v) is 1.83. The Morgan fingerprint density at radius 2 is 1.60 bits per heavy atom. The van der Waals surface area contributed by atoms with E-state index in [4.69, 9.17) is 4.74 Å². The third-order valence-electron chi connectivity index (χ3n) is 2.39. The molecular formula is C12H7BrN2O5. The Labute approximate surface area is 121 Å². The average Bonchev–Trinajstić information content (AvgIpc) is 2.41. The zero-order chi connectivity index (χ0) is 14.7. The number of hydrogen-bond donors (Lipinski definition) is 0. The van der Waals surface area contributed by atoms with Crippen molar-refractivity contribution in [3.8, 4) is 11.5 Å². The first kappa shape index (κ1) is 13.9. The van der Waals surface area contributed by atoms with Crippen molar-refractivity contribution in [1.82, 2.24) is 0 Å². The summed E-state index contributed by atoms with van der Waals surface area (Å²) in [6, 6.07) is 9.66. The van der Waals surface area contributed by atoms with Crippen LogP contribution in [0.25, 0.3) is 0 Å². The van der Waals surface area contributed by atoms with Gasteiger partial charge in [0.05, 0.1) is 9.85 Å². The predicted octanol–water partition coefficient (Wildman–Crippen LogP) is 4.06. The molecule has 0 saturated heterocycles. The quantitative estimate of drug-likeness (QED) is 0.618. The Balaban J connectivity index is 2.30. The Bertz CT molecular complexity index is 672. The van der Waals surface area contributed by atoms with Crippen molar-refractivity contribution in [2.45, 2.75) is 0 Å². The maximum Gasteiger partial charge on any atom is 0.312 e. The highest BCUT2D eigenvalue weighted by Gasteiger charge is 2.16. The van der Waals surface area contributed by atoms with E-state index < -0.39 is 9.85 Å². The van der Waals surface area contributed by atoms with E-state index >= 15 is 0 Å². The molecule has 0 spiro atoms. The van der Waals surface area contributed by atoms with Crippen LogP contribution in [0.2, 0.25) is 0 Å². The van der Waals surface area contributed by atoms with Gasteiger partial charge in [-0.1, -0.05) is 15.9 Å². The topological polar surface area (TPSA) is 95.5 Å². The van der Waals surface area contributed by atoms with Crippen LogP contribution in [0.15, 0.2) is 46.9 Å². The van der Waals surface area contributed by atoms with E-state index in [0.717, 1.165) is 0 Å². The number of rotatable bonds is 4. The Hall–Kier alpha value is -2.48. The van der Waals surface area contributed by atoms with Gasteiger partial charge in [-0.05, 0) is 24.3 Å². The number of nitrogens with zero attached hydrogens (tertiary/aromatic N) is 2. The van der Waals surface area contributed by atoms with E-state index in [1.807, 2.05) is 0 Å². The summed E-state index contributed by atoms with van der Waals surface area (Å²) < 4.78 is 5.93. The van der Waals surface area contributed by atoms with E-state index in [0.29, 0.717) is 4.47 Å². The molecule has 0 heterocycles. The molecule has 2 aromatic carbocycles. The molecule has 0 radical (unpaired) electrons. The summed E-state index contributed by atoms with van der Waals surface area (Å²) in [7, 11) is 0. The zero-order valence-electron chi connectivity index (χ0n) is 9.86. The van der Waals surface area contributed by atoms with E-state index in [-0.39, 0.29) is 22.9 Å². The third-order valence-corrected chi connectivity index (χ3v) is 2.89. The lowest BCUT2D eigenvalue weighted by Gasteiger charge is -2.06. The lowest BCUT2D eigenvalue weighted by Crippen LogP contribution is -1.94. The Morgan fingerprint density at radius 3 is 2.15 bits per heavy atom. The van der Waals surface area contributed by atoms with Crippen molar-refractivity contribution >= 4 is 27.3 Å². The molecule has 20 heavy (non-hydrogen) atoms. The lowest BCUT2D eigenvalue weighted by molar-refractivity contribution is -0.385. The monoisotopic (exact) mass is 338 g/mol. The summed E-state index contributed by atoms with van der Waals surface area (Å²) in [5.74, 6) is 0.341. The van der Waals surface area contributed by atoms with Crippen molar-refractivity contribution in [2.24, 2.45) is 0 Å². The maximum absolute atomic E-state index is 10.9. The van der Waals surface area contributed by atoms with Crippen LogP contribution in [0.1, 0.15) is 0 Å². The van der Waals surface area contributed by atoms with Gasteiger partial charge < -0.3 is 4.74 Å². The molecule has 0 aliphatic heterocycles. The van der Waals surface area contributed by atoms with Gasteiger partial charge in [-0.15, -0.1) is 0 Å². The second-order valence-electron chi connectivity index (χ2n) is 3.72. The smallest absolute Gasteiger partial charge is 0.312 e. The first-order chi connectivity index (χ1) is 9.47. The molecule has 0 bridgehead atoms. The number of nitro benzene ring substituents is 2. The molecular weight excluding hydrogens is 332 g/mol. The fourth-order valence-electron chi connectivity index (χ4n) is 1.48. The summed E-state index contributed by atoms with van der Waals surface area (Å²) in [5.41, 5.74) is -0.277. The van der Waals surface area contributed by atoms with Gasteiger partial charge in [0.1, 0.15) is 5.75 Å². The highest BCUT2D eigenvalue weighted by molar-refractivity contribution is 9.10. The highest BCUT2D eigenvalue weighted by atomic mass is 79.9. The molecule has 7 nitrogen and oxygen atoms in total. The standard InChI is InChI=1S/C12H7BrN2O5/c13-8-1-6-12(11(7-8)15(18)19)20-10-4-2-9(3-5-10)14(16)17/h1-7H. The van der Waals surface area contributed by atoms with Crippen LogP contribution in [0.5, 0.6) is 11.5 Å². The molecule has 0 saturated carbocycles. The van der Waals surface area contributed by atoms with Crippen molar-refractivity contribution in [2.75, 3.05) is 0 Å². The zero-order valence-corrected chi connectivity index (χ0v) is 11.4. The Morgan fingerprint density at radius 1 is 0.950 bits per heavy atom. The van der Waals surface area contributed by atoms with Gasteiger partial charge in [0.15, 0.2) is 0 Å². The summed E-state index contributed by atoms with van der Waals surface area (Å²) in [4.78, 5) is 20.3. The lowest BCUT2D eigenvalue weighted by atomic mass is 10.3. The van der Waals surface area contributed by atoms with Crippen LogP contribution in [0, 0.1) is 20.2 Å². The summed E-state index contributed by atoms with van der Waals surface area (Å²) in [6.07, 6.45) is 0. The largest absolute Gasteiger partial charge is 0.450 e. The molecule has 0 aromatic heterocycles. The molecule has 102 valence electrons. The number of hydrogen-bond acceptors (Lipinski definition) is 5. The number of benzene rings is 2. The predicted molar refractivity (Wildman–Crippen MR) is 74.0 cm³/mol. The van der Waals surface area contributed by atoms with Crippen molar-refractivity contribution < 1.29 is 14.6 Å². The SMILES string of the molecule is O=[N+]([O-])c1ccc(Oc2ccc(Br)cc2[N+](=O)[O-])cc1. The molecule has 0 aliphatic carbocycles. The number of halogens is 1. The van der Waals surface area contributed by atoms with Gasteiger partial charge in [-0.2, -0.15) is 0 Å². The van der Waals surface area contributed by atoms with Gasteiger partial charge in [0, 0.05) is 22.7 Å². The molecule has 0 unspecified atom stereocenters. The molecule has 0 atom stereocenters. The molecule has 2 aromatic rings. The first-order valence-electron chi connectivity index (χ1n) is 5.33. The van der Waals surface area contributed by atoms with Crippen molar-refractivity contribution in [3.05, 3.63) is 67.2 Å². The minimum atomic E-state index is -0.564. The second-order valence-corrected chi connectivity index (χ2v) is 4.64. The third kappa shape index (κ3) is 3.09. The molecule has 0 aliphatic rings. The van der Waals surface area contributed by atoms with Gasteiger partial charge in [0.25, 0.3) is 5.69 Å². The fraction of sp³-hybridized carbons (Fsp3) is 0. The van der Waals surface area contributed by atoms with Gasteiger partial charge in [0.2, 0.25) is 5.75 Å². The van der Waals surface area contributed by atoms with Crippen molar-refractivity contribution in [3.63, 3.8) is 0 Å². The van der Waals surface area contributed by atoms with E-state index in [2.05, 4.69) is 15.9 Å². The van der Waals surface area contributed by atoms with Crippen LogP contribution < -0.4 is 4.74 Å². The number of non-ortho nitro benzene ring substituents is 1. The number of nitro groups is 2. The van der Waals surface area contributed by atoms with E-state index in [1.165, 1.54) is 36.4 Å². The minimum absolute atomic E-state index is 0.0621. The van der Waals surface area contributed by atoms with Crippen LogP contribution in [-0.4, -0.2) is 9.85 Å². The molecule has 8 heteroatoms. The number of ether oxygens (including phenoxy) is 1. The summed E-state index contributed by atoms with van der Waals surface area (Å²) >= 11 is 3.14. The van der Waals surface area contributed by atoms with Crippen LogP contribution in [0.4, 0.5) is 11.4 Å². The van der Waals surface area contributed by atoms with Crippen LogP contribution in [-0.2, 0) is 0 Å².